The second-order valence-corrected chi connectivity index (χ2v) is 6.26. The molecule has 3 aromatic rings. The lowest BCUT2D eigenvalue weighted by atomic mass is 10.2. The number of anilines is 2. The molecular formula is C21H20N4O4. The third-order valence-electron chi connectivity index (χ3n) is 4.33. The molecule has 1 aliphatic heterocycles. The second-order valence-electron chi connectivity index (χ2n) is 6.26. The number of hydrogen-bond donors (Lipinski definition) is 2. The Bertz CT molecular complexity index is 1010. The highest BCUT2D eigenvalue weighted by molar-refractivity contribution is 5.92. The summed E-state index contributed by atoms with van der Waals surface area (Å²) in [4.78, 5) is 20.8. The summed E-state index contributed by atoms with van der Waals surface area (Å²) in [6, 6.07) is 13.0. The molecule has 0 spiro atoms. The molecule has 0 unspecified atom stereocenters. The number of carbonyl (C=O) groups excluding carboxylic acids is 1. The van der Waals surface area contributed by atoms with Gasteiger partial charge in [-0.05, 0) is 18.2 Å². The molecule has 2 N–H and O–H groups in total. The van der Waals surface area contributed by atoms with Crippen LogP contribution in [0.4, 0.5) is 11.5 Å². The molecular weight excluding hydrogens is 372 g/mol. The molecule has 2 heterocycles. The van der Waals surface area contributed by atoms with Crippen LogP contribution in [0.3, 0.4) is 0 Å². The molecule has 4 rings (SSSR count). The summed E-state index contributed by atoms with van der Waals surface area (Å²) in [5.74, 6) is 2.33. The van der Waals surface area contributed by atoms with Crippen LogP contribution in [-0.2, 0) is 6.54 Å². The van der Waals surface area contributed by atoms with Gasteiger partial charge in [-0.25, -0.2) is 9.97 Å². The van der Waals surface area contributed by atoms with E-state index in [0.717, 1.165) is 22.7 Å². The minimum Gasteiger partial charge on any atom is -0.496 e. The smallest absolute Gasteiger partial charge is 0.271 e. The standard InChI is InChI=1S/C21H20N4O4/c1-27-17-5-3-2-4-14(17)11-24-21(26)16-12-23-20(13-22-16)25-15-6-7-18-19(10-15)29-9-8-28-18/h2-7,10,12-13H,8-9,11H2,1H3,(H,23,25)(H,24,26). The molecule has 0 saturated carbocycles. The van der Waals surface area contributed by atoms with Crippen molar-refractivity contribution in [1.82, 2.24) is 15.3 Å². The van der Waals surface area contributed by atoms with Gasteiger partial charge in [0.25, 0.3) is 5.91 Å². The molecule has 29 heavy (non-hydrogen) atoms. The van der Waals surface area contributed by atoms with Crippen molar-refractivity contribution in [3.8, 4) is 17.2 Å². The first-order valence-corrected chi connectivity index (χ1v) is 9.12. The topological polar surface area (TPSA) is 94.6 Å². The highest BCUT2D eigenvalue weighted by atomic mass is 16.6. The summed E-state index contributed by atoms with van der Waals surface area (Å²) >= 11 is 0. The van der Waals surface area contributed by atoms with Crippen molar-refractivity contribution in [3.63, 3.8) is 0 Å². The summed E-state index contributed by atoms with van der Waals surface area (Å²) in [6.07, 6.45) is 2.94. The Morgan fingerprint density at radius 2 is 1.90 bits per heavy atom. The monoisotopic (exact) mass is 392 g/mol. The summed E-state index contributed by atoms with van der Waals surface area (Å²) in [5.41, 5.74) is 1.90. The molecule has 1 aliphatic rings. The number of methoxy groups -OCH3 is 1. The summed E-state index contributed by atoms with van der Waals surface area (Å²) in [5, 5.41) is 5.96. The Labute approximate surface area is 167 Å². The summed E-state index contributed by atoms with van der Waals surface area (Å²) in [7, 11) is 1.60. The first kappa shape index (κ1) is 18.5. The first-order valence-electron chi connectivity index (χ1n) is 9.12. The number of aromatic nitrogens is 2. The maximum absolute atomic E-state index is 12.3. The Balaban J connectivity index is 1.38. The van der Waals surface area contributed by atoms with Gasteiger partial charge in [0.1, 0.15) is 30.5 Å². The molecule has 0 radical (unpaired) electrons. The first-order chi connectivity index (χ1) is 14.2. The van der Waals surface area contributed by atoms with Gasteiger partial charge < -0.3 is 24.8 Å². The van der Waals surface area contributed by atoms with Crippen LogP contribution in [0.5, 0.6) is 17.2 Å². The zero-order valence-electron chi connectivity index (χ0n) is 15.8. The van der Waals surface area contributed by atoms with Crippen molar-refractivity contribution in [2.45, 2.75) is 6.54 Å². The summed E-state index contributed by atoms with van der Waals surface area (Å²) in [6.45, 7) is 1.41. The maximum Gasteiger partial charge on any atom is 0.271 e. The van der Waals surface area contributed by atoms with Crippen molar-refractivity contribution in [2.75, 3.05) is 25.6 Å². The van der Waals surface area contributed by atoms with Crippen LogP contribution in [0.25, 0.3) is 0 Å². The number of para-hydroxylation sites is 1. The second kappa shape index (κ2) is 8.47. The van der Waals surface area contributed by atoms with E-state index in [1.165, 1.54) is 12.4 Å². The Kier molecular flexibility index (Phi) is 5.42. The van der Waals surface area contributed by atoms with Crippen LogP contribution in [0.15, 0.2) is 54.9 Å². The normalized spacial score (nSPS) is 12.2. The van der Waals surface area contributed by atoms with Gasteiger partial charge in [-0.3, -0.25) is 4.79 Å². The van der Waals surface area contributed by atoms with Crippen LogP contribution < -0.4 is 24.8 Å². The minimum absolute atomic E-state index is 0.229. The van der Waals surface area contributed by atoms with Crippen LogP contribution in [-0.4, -0.2) is 36.2 Å². The number of nitrogens with one attached hydrogen (secondary N) is 2. The van der Waals surface area contributed by atoms with Gasteiger partial charge in [-0.15, -0.1) is 0 Å². The highest BCUT2D eigenvalue weighted by Gasteiger charge is 2.13. The molecule has 8 nitrogen and oxygen atoms in total. The van der Waals surface area contributed by atoms with E-state index in [-0.39, 0.29) is 11.6 Å². The average molecular weight is 392 g/mol. The number of amides is 1. The zero-order valence-corrected chi connectivity index (χ0v) is 15.8. The van der Waals surface area contributed by atoms with E-state index in [0.29, 0.717) is 31.3 Å². The maximum atomic E-state index is 12.3. The van der Waals surface area contributed by atoms with Crippen molar-refractivity contribution >= 4 is 17.4 Å². The molecule has 0 aliphatic carbocycles. The number of ether oxygens (including phenoxy) is 3. The van der Waals surface area contributed by atoms with Crippen molar-refractivity contribution in [2.24, 2.45) is 0 Å². The lowest BCUT2D eigenvalue weighted by Gasteiger charge is -2.19. The van der Waals surface area contributed by atoms with Crippen LogP contribution in [0, 0.1) is 0 Å². The van der Waals surface area contributed by atoms with Gasteiger partial charge in [-0.1, -0.05) is 18.2 Å². The van der Waals surface area contributed by atoms with E-state index < -0.39 is 0 Å². The number of nitrogens with zero attached hydrogens (tertiary/aromatic N) is 2. The predicted octanol–water partition coefficient (Wildman–Crippen LogP) is 2.93. The van der Waals surface area contributed by atoms with Crippen LogP contribution in [0.1, 0.15) is 16.1 Å². The molecule has 0 bridgehead atoms. The third kappa shape index (κ3) is 4.37. The fourth-order valence-corrected chi connectivity index (χ4v) is 2.89. The fraction of sp³-hybridized carbons (Fsp3) is 0.190. The predicted molar refractivity (Wildman–Crippen MR) is 107 cm³/mol. The van der Waals surface area contributed by atoms with Crippen molar-refractivity contribution in [3.05, 3.63) is 66.1 Å². The quantitative estimate of drug-likeness (QED) is 0.666. The number of hydrogen-bond acceptors (Lipinski definition) is 7. The van der Waals surface area contributed by atoms with E-state index >= 15 is 0 Å². The summed E-state index contributed by atoms with van der Waals surface area (Å²) < 4.78 is 16.4. The zero-order chi connectivity index (χ0) is 20.1. The molecule has 0 fully saturated rings. The largest absolute Gasteiger partial charge is 0.496 e. The van der Waals surface area contributed by atoms with E-state index in [1.807, 2.05) is 42.5 Å². The third-order valence-corrected chi connectivity index (χ3v) is 4.33. The minimum atomic E-state index is -0.311. The molecule has 0 saturated heterocycles. The lowest BCUT2D eigenvalue weighted by molar-refractivity contribution is 0.0945. The number of rotatable bonds is 6. The Morgan fingerprint density at radius 1 is 1.07 bits per heavy atom. The van der Waals surface area contributed by atoms with Crippen LogP contribution >= 0.6 is 0 Å². The van der Waals surface area contributed by atoms with Crippen LogP contribution in [0.2, 0.25) is 0 Å². The van der Waals surface area contributed by atoms with Gasteiger partial charge in [0.15, 0.2) is 11.5 Å². The number of benzene rings is 2. The molecule has 8 heteroatoms. The Hall–Kier alpha value is -3.81. The van der Waals surface area contributed by atoms with Gasteiger partial charge >= 0.3 is 0 Å². The van der Waals surface area contributed by atoms with Crippen molar-refractivity contribution < 1.29 is 19.0 Å². The van der Waals surface area contributed by atoms with Crippen molar-refractivity contribution in [1.29, 1.82) is 0 Å². The van der Waals surface area contributed by atoms with E-state index in [9.17, 15) is 4.79 Å². The molecule has 148 valence electrons. The van der Waals surface area contributed by atoms with E-state index in [4.69, 9.17) is 14.2 Å². The SMILES string of the molecule is COc1ccccc1CNC(=O)c1cnc(Nc2ccc3c(c2)OCCO3)cn1. The molecule has 2 aromatic carbocycles. The lowest BCUT2D eigenvalue weighted by Crippen LogP contribution is -2.24. The van der Waals surface area contributed by atoms with Gasteiger partial charge in [-0.2, -0.15) is 0 Å². The van der Waals surface area contributed by atoms with E-state index in [2.05, 4.69) is 20.6 Å². The Morgan fingerprint density at radius 3 is 2.69 bits per heavy atom. The van der Waals surface area contributed by atoms with Gasteiger partial charge in [0, 0.05) is 23.9 Å². The van der Waals surface area contributed by atoms with Gasteiger partial charge in [0.05, 0.1) is 19.5 Å². The molecule has 1 amide bonds. The average Bonchev–Trinajstić information content (AvgIpc) is 2.78. The number of fused-ring (bicyclic) bond motifs is 1. The molecule has 0 atom stereocenters. The fourth-order valence-electron chi connectivity index (χ4n) is 2.89. The highest BCUT2D eigenvalue weighted by Crippen LogP contribution is 2.33. The molecule has 1 aromatic heterocycles. The van der Waals surface area contributed by atoms with Gasteiger partial charge in [0.2, 0.25) is 0 Å². The number of carbonyl (C=O) groups is 1. The van der Waals surface area contributed by atoms with E-state index in [1.54, 1.807) is 7.11 Å².